The minimum atomic E-state index is -1.63. The summed E-state index contributed by atoms with van der Waals surface area (Å²) >= 11 is 0. The van der Waals surface area contributed by atoms with Crippen molar-refractivity contribution in [3.05, 3.63) is 63.5 Å². The number of hydrogen-bond acceptors (Lipinski definition) is 7. The van der Waals surface area contributed by atoms with Crippen LogP contribution in [0.1, 0.15) is 12.0 Å². The molecule has 26 heavy (non-hydrogen) atoms. The third-order valence-corrected chi connectivity index (χ3v) is 4.59. The number of benzene rings is 1. The van der Waals surface area contributed by atoms with E-state index in [0.29, 0.717) is 11.1 Å². The highest BCUT2D eigenvalue weighted by atomic mass is 16.3. The van der Waals surface area contributed by atoms with Gasteiger partial charge in [-0.1, -0.05) is 23.4 Å². The molecule has 1 aromatic carbocycles. The van der Waals surface area contributed by atoms with Crippen LogP contribution in [-0.4, -0.2) is 56.5 Å². The average Bonchev–Trinajstić information content (AvgIpc) is 2.65. The van der Waals surface area contributed by atoms with Gasteiger partial charge in [-0.25, -0.2) is 0 Å². The molecule has 4 N–H and O–H groups in total. The van der Waals surface area contributed by atoms with E-state index in [1.165, 1.54) is 23.1 Å². The molecule has 1 saturated heterocycles. The molecule has 1 amide bonds. The number of aromatic hydroxyl groups is 1. The molecule has 0 aromatic heterocycles. The van der Waals surface area contributed by atoms with Gasteiger partial charge in [0.15, 0.2) is 6.04 Å². The number of para-hydroxylation sites is 1. The molecular formula is C18H18N2O6. The third kappa shape index (κ3) is 3.06. The quantitative estimate of drug-likeness (QED) is 0.481. The van der Waals surface area contributed by atoms with Crippen LogP contribution >= 0.6 is 0 Å². The fraction of sp³-hybridized carbons (Fsp3) is 0.278. The molecule has 1 aromatic rings. The summed E-state index contributed by atoms with van der Waals surface area (Å²) in [6.45, 7) is 0.250. The Morgan fingerprint density at radius 1 is 1.15 bits per heavy atom. The number of nitrogens with zero attached hydrogens (tertiary/aromatic N) is 2. The Labute approximate surface area is 149 Å². The van der Waals surface area contributed by atoms with Crippen molar-refractivity contribution < 1.29 is 25.2 Å². The molecule has 0 saturated carbocycles. The first-order valence-corrected chi connectivity index (χ1v) is 8.04. The van der Waals surface area contributed by atoms with Gasteiger partial charge in [0, 0.05) is 35.9 Å². The summed E-state index contributed by atoms with van der Waals surface area (Å²) in [5.74, 6) is -1.12. The van der Waals surface area contributed by atoms with Crippen LogP contribution < -0.4 is 0 Å². The molecule has 2 atom stereocenters. The van der Waals surface area contributed by atoms with E-state index in [1.807, 2.05) is 0 Å². The Morgan fingerprint density at radius 3 is 2.58 bits per heavy atom. The summed E-state index contributed by atoms with van der Waals surface area (Å²) in [6, 6.07) is 5.14. The molecule has 8 heteroatoms. The maximum Gasteiger partial charge on any atom is 0.246 e. The number of carbonyl (C=O) groups is 1. The summed E-state index contributed by atoms with van der Waals surface area (Å²) in [6.07, 6.45) is 1.38. The van der Waals surface area contributed by atoms with Crippen molar-refractivity contribution in [2.45, 2.75) is 18.6 Å². The molecule has 136 valence electrons. The van der Waals surface area contributed by atoms with E-state index < -0.39 is 17.9 Å². The topological polar surface area (TPSA) is 131 Å². The van der Waals surface area contributed by atoms with E-state index in [1.54, 1.807) is 18.2 Å². The molecule has 2 unspecified atom stereocenters. The number of aliphatic hydroxyl groups is 3. The number of nitroso groups, excluding NO2 is 1. The zero-order chi connectivity index (χ0) is 18.8. The number of carbonyl (C=O) groups excluding carboxylic acids is 1. The standard InChI is InChI=1S/C18H18N2O6/c21-13-4-2-1-3-10(13)5-6-14(22)20-8-7-11-12(9-20)17(24)18(25)15(19-26)16(11)23/h1-6,15,18,21,23-25H,7-9H2/b6-5-. The van der Waals surface area contributed by atoms with Gasteiger partial charge in [-0.15, -0.1) is 4.91 Å². The number of rotatable bonds is 3. The molecular weight excluding hydrogens is 340 g/mol. The number of likely N-dealkylation sites (tertiary alicyclic amines) is 1. The lowest BCUT2D eigenvalue weighted by Gasteiger charge is -2.35. The normalized spacial score (nSPS) is 23.3. The second-order valence-electron chi connectivity index (χ2n) is 6.12. The van der Waals surface area contributed by atoms with Gasteiger partial charge in [0.1, 0.15) is 23.4 Å². The minimum Gasteiger partial charge on any atom is -0.509 e. The average molecular weight is 358 g/mol. The molecule has 1 aliphatic carbocycles. The van der Waals surface area contributed by atoms with Gasteiger partial charge < -0.3 is 25.3 Å². The van der Waals surface area contributed by atoms with Gasteiger partial charge in [-0.3, -0.25) is 4.79 Å². The van der Waals surface area contributed by atoms with Gasteiger partial charge >= 0.3 is 0 Å². The predicted molar refractivity (Wildman–Crippen MR) is 93.2 cm³/mol. The fourth-order valence-corrected chi connectivity index (χ4v) is 3.13. The number of fused-ring (bicyclic) bond motifs is 1. The number of phenolic OH excluding ortho intramolecular Hbond substituents is 1. The Morgan fingerprint density at radius 2 is 1.88 bits per heavy atom. The Balaban J connectivity index is 1.79. The van der Waals surface area contributed by atoms with Crippen molar-refractivity contribution in [3.8, 4) is 5.75 Å². The lowest BCUT2D eigenvalue weighted by molar-refractivity contribution is -0.125. The van der Waals surface area contributed by atoms with Crippen LogP contribution in [0.25, 0.3) is 6.08 Å². The highest BCUT2D eigenvalue weighted by Gasteiger charge is 2.40. The van der Waals surface area contributed by atoms with E-state index in [0.717, 1.165) is 0 Å². The van der Waals surface area contributed by atoms with E-state index in [9.17, 15) is 30.1 Å². The minimum absolute atomic E-state index is 0.0161. The van der Waals surface area contributed by atoms with Crippen molar-refractivity contribution in [2.75, 3.05) is 13.1 Å². The zero-order valence-electron chi connectivity index (χ0n) is 13.7. The molecule has 8 nitrogen and oxygen atoms in total. The smallest absolute Gasteiger partial charge is 0.246 e. The molecule has 0 radical (unpaired) electrons. The van der Waals surface area contributed by atoms with Crippen LogP contribution in [0.5, 0.6) is 5.75 Å². The number of amides is 1. The van der Waals surface area contributed by atoms with Crippen molar-refractivity contribution in [3.63, 3.8) is 0 Å². The van der Waals surface area contributed by atoms with Gasteiger partial charge in [-0.05, 0) is 18.6 Å². The van der Waals surface area contributed by atoms with Gasteiger partial charge in [0.2, 0.25) is 5.91 Å². The largest absolute Gasteiger partial charge is 0.509 e. The van der Waals surface area contributed by atoms with Gasteiger partial charge in [0.25, 0.3) is 0 Å². The maximum atomic E-state index is 12.4. The molecule has 1 fully saturated rings. The lowest BCUT2D eigenvalue weighted by Crippen LogP contribution is -2.42. The van der Waals surface area contributed by atoms with E-state index in [-0.39, 0.29) is 42.5 Å². The first-order chi connectivity index (χ1) is 12.4. The maximum absolute atomic E-state index is 12.4. The van der Waals surface area contributed by atoms with Crippen molar-refractivity contribution in [2.24, 2.45) is 5.18 Å². The third-order valence-electron chi connectivity index (χ3n) is 4.59. The molecule has 3 rings (SSSR count). The molecule has 1 heterocycles. The Kier molecular flexibility index (Phi) is 4.77. The number of phenols is 1. The van der Waals surface area contributed by atoms with Crippen molar-refractivity contribution in [1.82, 2.24) is 4.90 Å². The second-order valence-corrected chi connectivity index (χ2v) is 6.12. The Hall–Kier alpha value is -3.13. The van der Waals surface area contributed by atoms with E-state index >= 15 is 0 Å². The second kappa shape index (κ2) is 7.01. The summed E-state index contributed by atoms with van der Waals surface area (Å²) in [5, 5.41) is 42.5. The van der Waals surface area contributed by atoms with Crippen LogP contribution in [0.15, 0.2) is 58.2 Å². The SMILES string of the molecule is O=NC1C(O)=C2CCN(C(=O)/C=C\c3ccccc3O)CC2=C(O)C1O. The number of piperidine rings is 1. The first kappa shape index (κ1) is 17.7. The highest BCUT2D eigenvalue weighted by Crippen LogP contribution is 2.35. The number of aliphatic hydroxyl groups excluding tert-OH is 3. The number of hydrogen-bond donors (Lipinski definition) is 4. The first-order valence-electron chi connectivity index (χ1n) is 8.04. The van der Waals surface area contributed by atoms with Gasteiger partial charge in [0.05, 0.1) is 0 Å². The van der Waals surface area contributed by atoms with Gasteiger partial charge in [-0.2, -0.15) is 0 Å². The van der Waals surface area contributed by atoms with Crippen molar-refractivity contribution in [1.29, 1.82) is 0 Å². The predicted octanol–water partition coefficient (Wildman–Crippen LogP) is 1.77. The van der Waals surface area contributed by atoms with Crippen LogP contribution in [-0.2, 0) is 4.79 Å². The summed E-state index contributed by atoms with van der Waals surface area (Å²) in [7, 11) is 0. The summed E-state index contributed by atoms with van der Waals surface area (Å²) in [4.78, 5) is 24.6. The summed E-state index contributed by atoms with van der Waals surface area (Å²) < 4.78 is 0. The lowest BCUT2D eigenvalue weighted by atomic mass is 9.85. The molecule has 2 aliphatic rings. The fourth-order valence-electron chi connectivity index (χ4n) is 3.13. The zero-order valence-corrected chi connectivity index (χ0v) is 13.7. The van der Waals surface area contributed by atoms with Crippen LogP contribution in [0.4, 0.5) is 0 Å². The Bertz CT molecular complexity index is 842. The monoisotopic (exact) mass is 358 g/mol. The van der Waals surface area contributed by atoms with Crippen LogP contribution in [0, 0.1) is 4.91 Å². The summed E-state index contributed by atoms with van der Waals surface area (Å²) in [5.41, 5.74) is 1.06. The highest BCUT2D eigenvalue weighted by molar-refractivity contribution is 5.92. The molecule has 0 bridgehead atoms. The van der Waals surface area contributed by atoms with Crippen molar-refractivity contribution >= 4 is 12.0 Å². The van der Waals surface area contributed by atoms with Crippen LogP contribution in [0.2, 0.25) is 0 Å². The van der Waals surface area contributed by atoms with E-state index in [2.05, 4.69) is 5.18 Å². The molecule has 1 aliphatic heterocycles. The molecule has 0 spiro atoms. The van der Waals surface area contributed by atoms with Crippen LogP contribution in [0.3, 0.4) is 0 Å². The van der Waals surface area contributed by atoms with E-state index in [4.69, 9.17) is 0 Å².